The summed E-state index contributed by atoms with van der Waals surface area (Å²) < 4.78 is 0. The molecular weight excluding hydrogens is 198 g/mol. The quantitative estimate of drug-likeness (QED) is 0.780. The van der Waals surface area contributed by atoms with Gasteiger partial charge >= 0.3 is 0 Å². The predicted octanol–water partition coefficient (Wildman–Crippen LogP) is 3.05. The zero-order valence-electron chi connectivity index (χ0n) is 11.5. The summed E-state index contributed by atoms with van der Waals surface area (Å²) >= 11 is 0. The second-order valence-electron chi connectivity index (χ2n) is 5.58. The van der Waals surface area contributed by atoms with E-state index in [0.29, 0.717) is 5.92 Å². The smallest absolute Gasteiger partial charge is 0.0751 e. The fourth-order valence-electron chi connectivity index (χ4n) is 3.35. The van der Waals surface area contributed by atoms with Gasteiger partial charge in [-0.3, -0.25) is 0 Å². The van der Waals surface area contributed by atoms with E-state index in [1.807, 2.05) is 0 Å². The van der Waals surface area contributed by atoms with Crippen LogP contribution in [0.4, 0.5) is 0 Å². The molecule has 1 rings (SSSR count). The molecule has 1 aliphatic rings. The molecule has 1 saturated carbocycles. The molecule has 0 aromatic rings. The molecule has 0 aromatic heterocycles. The van der Waals surface area contributed by atoms with Crippen LogP contribution in [0.15, 0.2) is 0 Å². The van der Waals surface area contributed by atoms with Crippen molar-refractivity contribution in [2.75, 3.05) is 14.1 Å². The highest BCUT2D eigenvalue weighted by Gasteiger charge is 2.43. The van der Waals surface area contributed by atoms with E-state index in [1.54, 1.807) is 0 Å². The molecule has 0 radical (unpaired) electrons. The van der Waals surface area contributed by atoms with Gasteiger partial charge in [-0.2, -0.15) is 0 Å². The second-order valence-corrected chi connectivity index (χ2v) is 5.58. The molecular formula is C14H29NO. The normalized spacial score (nSPS) is 22.7. The molecule has 0 heterocycles. The predicted molar refractivity (Wildman–Crippen MR) is 69.6 cm³/mol. The number of aliphatic hydroxyl groups is 1. The number of hydrogen-bond acceptors (Lipinski definition) is 2. The average Bonchev–Trinajstić information content (AvgIpc) is 2.31. The van der Waals surface area contributed by atoms with Crippen molar-refractivity contribution < 1.29 is 5.11 Å². The third-order valence-corrected chi connectivity index (χ3v) is 4.66. The number of hydrogen-bond donors (Lipinski definition) is 1. The van der Waals surface area contributed by atoms with Crippen LogP contribution in [0.5, 0.6) is 0 Å². The highest BCUT2D eigenvalue weighted by molar-refractivity contribution is 4.98. The van der Waals surface area contributed by atoms with E-state index in [4.69, 9.17) is 0 Å². The van der Waals surface area contributed by atoms with Gasteiger partial charge < -0.3 is 10.0 Å². The molecule has 96 valence electrons. The van der Waals surface area contributed by atoms with Gasteiger partial charge in [-0.25, -0.2) is 0 Å². The molecule has 1 atom stereocenters. The Morgan fingerprint density at radius 2 is 1.56 bits per heavy atom. The molecule has 1 N–H and O–H groups in total. The highest BCUT2D eigenvalue weighted by Crippen LogP contribution is 2.38. The van der Waals surface area contributed by atoms with E-state index in [9.17, 15) is 5.11 Å². The summed E-state index contributed by atoms with van der Waals surface area (Å²) in [5.74, 6) is 0.459. The van der Waals surface area contributed by atoms with E-state index >= 15 is 0 Å². The summed E-state index contributed by atoms with van der Waals surface area (Å²) in [7, 11) is 4.27. The zero-order chi connectivity index (χ0) is 12.2. The van der Waals surface area contributed by atoms with Crippen LogP contribution in [0.2, 0.25) is 0 Å². The van der Waals surface area contributed by atoms with E-state index in [0.717, 1.165) is 25.7 Å². The third-order valence-electron chi connectivity index (χ3n) is 4.66. The van der Waals surface area contributed by atoms with Crippen LogP contribution in [0.1, 0.15) is 58.8 Å². The Kier molecular flexibility index (Phi) is 5.26. The number of rotatable bonds is 5. The lowest BCUT2D eigenvalue weighted by Gasteiger charge is -2.48. The Bertz CT molecular complexity index is 193. The molecule has 2 nitrogen and oxygen atoms in total. The van der Waals surface area contributed by atoms with E-state index in [1.165, 1.54) is 19.3 Å². The molecule has 0 aromatic carbocycles. The van der Waals surface area contributed by atoms with Gasteiger partial charge in [-0.1, -0.05) is 46.0 Å². The summed E-state index contributed by atoms with van der Waals surface area (Å²) in [5, 5.41) is 10.7. The fourth-order valence-corrected chi connectivity index (χ4v) is 3.35. The molecule has 0 saturated heterocycles. The van der Waals surface area contributed by atoms with Crippen LogP contribution in [0.3, 0.4) is 0 Å². The lowest BCUT2D eigenvalue weighted by molar-refractivity contribution is -0.0638. The fraction of sp³-hybridized carbons (Fsp3) is 1.00. The van der Waals surface area contributed by atoms with Gasteiger partial charge in [0.1, 0.15) is 0 Å². The summed E-state index contributed by atoms with van der Waals surface area (Å²) in [6, 6.07) is 0. The summed E-state index contributed by atoms with van der Waals surface area (Å²) in [6.07, 6.45) is 8.24. The standard InChI is InChI=1S/C14H29NO/c1-5-12(6-2)13(16)14(15(3)4)10-8-7-9-11-14/h12-13,16H,5-11H2,1-4H3. The Balaban J connectivity index is 2.82. The number of likely N-dealkylation sites (N-methyl/N-ethyl adjacent to an activating group) is 1. The minimum Gasteiger partial charge on any atom is -0.391 e. The molecule has 1 unspecified atom stereocenters. The van der Waals surface area contributed by atoms with E-state index < -0.39 is 0 Å². The summed E-state index contributed by atoms with van der Waals surface area (Å²) in [6.45, 7) is 4.40. The SMILES string of the molecule is CCC(CC)C(O)C1(N(C)C)CCCCC1. The molecule has 1 aliphatic carbocycles. The van der Waals surface area contributed by atoms with Crippen molar-refractivity contribution >= 4 is 0 Å². The maximum Gasteiger partial charge on any atom is 0.0751 e. The van der Waals surface area contributed by atoms with Crippen molar-refractivity contribution in [3.8, 4) is 0 Å². The molecule has 16 heavy (non-hydrogen) atoms. The van der Waals surface area contributed by atoms with Crippen molar-refractivity contribution in [3.05, 3.63) is 0 Å². The molecule has 0 amide bonds. The minimum absolute atomic E-state index is 0.0505. The van der Waals surface area contributed by atoms with Crippen molar-refractivity contribution in [3.63, 3.8) is 0 Å². The highest BCUT2D eigenvalue weighted by atomic mass is 16.3. The van der Waals surface area contributed by atoms with Gasteiger partial charge in [-0.05, 0) is 32.9 Å². The van der Waals surface area contributed by atoms with Gasteiger partial charge in [0, 0.05) is 5.54 Å². The van der Waals surface area contributed by atoms with Crippen molar-refractivity contribution in [1.29, 1.82) is 0 Å². The van der Waals surface area contributed by atoms with E-state index in [2.05, 4.69) is 32.8 Å². The lowest BCUT2D eigenvalue weighted by Crippen LogP contribution is -2.57. The third kappa shape index (κ3) is 2.60. The lowest BCUT2D eigenvalue weighted by atomic mass is 9.71. The van der Waals surface area contributed by atoms with Gasteiger partial charge in [0.25, 0.3) is 0 Å². The molecule has 0 spiro atoms. The maximum absolute atomic E-state index is 10.7. The first kappa shape index (κ1) is 14.0. The van der Waals surface area contributed by atoms with Crippen molar-refractivity contribution in [1.82, 2.24) is 4.90 Å². The summed E-state index contributed by atoms with van der Waals surface area (Å²) in [5.41, 5.74) is 0.0505. The van der Waals surface area contributed by atoms with Crippen LogP contribution in [0.25, 0.3) is 0 Å². The Hall–Kier alpha value is -0.0800. The van der Waals surface area contributed by atoms with Crippen LogP contribution >= 0.6 is 0 Å². The average molecular weight is 227 g/mol. The Labute approximate surface area is 101 Å². The van der Waals surface area contributed by atoms with Crippen molar-refractivity contribution in [2.45, 2.75) is 70.4 Å². The second kappa shape index (κ2) is 6.02. The van der Waals surface area contributed by atoms with Crippen LogP contribution in [-0.2, 0) is 0 Å². The molecule has 1 fully saturated rings. The molecule has 2 heteroatoms. The molecule has 0 bridgehead atoms. The van der Waals surface area contributed by atoms with Crippen LogP contribution in [-0.4, -0.2) is 35.7 Å². The van der Waals surface area contributed by atoms with Gasteiger partial charge in [0.2, 0.25) is 0 Å². The van der Waals surface area contributed by atoms with Gasteiger partial charge in [0.05, 0.1) is 6.10 Å². The Morgan fingerprint density at radius 3 is 1.94 bits per heavy atom. The number of aliphatic hydroxyl groups excluding tert-OH is 1. The van der Waals surface area contributed by atoms with Crippen molar-refractivity contribution in [2.24, 2.45) is 5.92 Å². The number of nitrogens with zero attached hydrogens (tertiary/aromatic N) is 1. The minimum atomic E-state index is -0.155. The largest absolute Gasteiger partial charge is 0.391 e. The Morgan fingerprint density at radius 1 is 1.06 bits per heavy atom. The first-order valence-electron chi connectivity index (χ1n) is 6.94. The van der Waals surface area contributed by atoms with Crippen LogP contribution < -0.4 is 0 Å². The van der Waals surface area contributed by atoms with Gasteiger partial charge in [-0.15, -0.1) is 0 Å². The first-order chi connectivity index (χ1) is 7.58. The van der Waals surface area contributed by atoms with Crippen LogP contribution in [0, 0.1) is 5.92 Å². The van der Waals surface area contributed by atoms with E-state index in [-0.39, 0.29) is 11.6 Å². The topological polar surface area (TPSA) is 23.5 Å². The summed E-state index contributed by atoms with van der Waals surface area (Å²) in [4.78, 5) is 2.29. The monoisotopic (exact) mass is 227 g/mol. The maximum atomic E-state index is 10.7. The molecule has 0 aliphatic heterocycles. The first-order valence-corrected chi connectivity index (χ1v) is 6.94. The zero-order valence-corrected chi connectivity index (χ0v) is 11.5. The van der Waals surface area contributed by atoms with Gasteiger partial charge in [0.15, 0.2) is 0 Å².